The van der Waals surface area contributed by atoms with Crippen molar-refractivity contribution in [2.75, 3.05) is 33.8 Å². The molecule has 2 aromatic carbocycles. The summed E-state index contributed by atoms with van der Waals surface area (Å²) < 4.78 is 21.3. The summed E-state index contributed by atoms with van der Waals surface area (Å²) in [5.74, 6) is 2.47. The third-order valence-corrected chi connectivity index (χ3v) is 3.72. The Morgan fingerprint density at radius 1 is 0.826 bits per heavy atom. The average molecular weight is 338 g/mol. The topological polar surface area (TPSA) is 49.0 Å². The number of methoxy groups -OCH3 is 4. The highest BCUT2D eigenvalue weighted by Gasteiger charge is 2.15. The molecule has 0 aromatic heterocycles. The minimum atomic E-state index is 0.548. The Balaban J connectivity index is 2.22. The van der Waals surface area contributed by atoms with Gasteiger partial charge >= 0.3 is 0 Å². The smallest absolute Gasteiger partial charge is 0.203 e. The molecule has 0 amide bonds. The second kappa shape index (κ2) is 7.83. The maximum atomic E-state index is 6.13. The van der Waals surface area contributed by atoms with Crippen LogP contribution in [-0.4, -0.2) is 28.4 Å². The molecule has 0 bridgehead atoms. The molecule has 0 atom stereocenters. The van der Waals surface area contributed by atoms with E-state index in [1.54, 1.807) is 28.4 Å². The monoisotopic (exact) mass is 337 g/mol. The quantitative estimate of drug-likeness (QED) is 0.828. The maximum absolute atomic E-state index is 6.13. The van der Waals surface area contributed by atoms with Crippen LogP contribution in [0.25, 0.3) is 0 Å². The molecule has 2 rings (SSSR count). The van der Waals surface area contributed by atoms with E-state index in [2.05, 4.69) is 5.32 Å². The predicted molar refractivity (Wildman–Crippen MR) is 91.4 cm³/mol. The predicted octanol–water partition coefficient (Wildman–Crippen LogP) is 3.99. The molecule has 0 aliphatic heterocycles. The van der Waals surface area contributed by atoms with E-state index in [0.29, 0.717) is 34.6 Å². The molecule has 0 saturated carbocycles. The lowest BCUT2D eigenvalue weighted by Crippen LogP contribution is -2.04. The van der Waals surface area contributed by atoms with Gasteiger partial charge in [-0.1, -0.05) is 11.6 Å². The molecule has 0 saturated heterocycles. The summed E-state index contributed by atoms with van der Waals surface area (Å²) in [6.45, 7) is 0.548. The van der Waals surface area contributed by atoms with Gasteiger partial charge in [-0.15, -0.1) is 0 Å². The highest BCUT2D eigenvalue weighted by Crippen LogP contribution is 2.40. The third kappa shape index (κ3) is 3.74. The fourth-order valence-corrected chi connectivity index (χ4v) is 2.53. The number of benzene rings is 2. The van der Waals surface area contributed by atoms with E-state index >= 15 is 0 Å². The molecular weight excluding hydrogens is 318 g/mol. The fourth-order valence-electron chi connectivity index (χ4n) is 2.28. The first kappa shape index (κ1) is 17.1. The van der Waals surface area contributed by atoms with Crippen LogP contribution in [0.2, 0.25) is 5.02 Å². The minimum absolute atomic E-state index is 0.548. The van der Waals surface area contributed by atoms with E-state index in [4.69, 9.17) is 30.5 Å². The van der Waals surface area contributed by atoms with Crippen LogP contribution in [0.1, 0.15) is 5.56 Å². The standard InChI is InChI=1S/C17H20ClNO4/c1-20-14-8-6-12(9-13(14)18)19-10-11-5-7-15(21-2)17(23-4)16(11)22-3/h5-9,19H,10H2,1-4H3. The molecule has 124 valence electrons. The molecule has 0 aliphatic rings. The van der Waals surface area contributed by atoms with Crippen LogP contribution in [0.4, 0.5) is 5.69 Å². The average Bonchev–Trinajstić information content (AvgIpc) is 2.58. The van der Waals surface area contributed by atoms with Gasteiger partial charge in [0, 0.05) is 17.8 Å². The van der Waals surface area contributed by atoms with Crippen molar-refractivity contribution in [2.45, 2.75) is 6.54 Å². The Morgan fingerprint density at radius 3 is 2.04 bits per heavy atom. The summed E-state index contributed by atoms with van der Waals surface area (Å²) in [6.07, 6.45) is 0. The van der Waals surface area contributed by atoms with Gasteiger partial charge in [-0.3, -0.25) is 0 Å². The summed E-state index contributed by atoms with van der Waals surface area (Å²) in [6, 6.07) is 9.31. The van der Waals surface area contributed by atoms with Crippen LogP contribution >= 0.6 is 11.6 Å². The van der Waals surface area contributed by atoms with Crippen molar-refractivity contribution in [3.8, 4) is 23.0 Å². The van der Waals surface area contributed by atoms with Gasteiger partial charge in [0.05, 0.1) is 33.5 Å². The van der Waals surface area contributed by atoms with E-state index < -0.39 is 0 Å². The second-order valence-corrected chi connectivity index (χ2v) is 5.10. The molecule has 0 fully saturated rings. The molecule has 2 aromatic rings. The number of anilines is 1. The van der Waals surface area contributed by atoms with Crippen LogP contribution in [-0.2, 0) is 6.54 Å². The van der Waals surface area contributed by atoms with Crippen LogP contribution in [0.3, 0.4) is 0 Å². The van der Waals surface area contributed by atoms with Crippen molar-refractivity contribution in [1.29, 1.82) is 0 Å². The van der Waals surface area contributed by atoms with E-state index in [1.165, 1.54) is 0 Å². The largest absolute Gasteiger partial charge is 0.495 e. The van der Waals surface area contributed by atoms with Gasteiger partial charge in [-0.05, 0) is 30.3 Å². The highest BCUT2D eigenvalue weighted by atomic mass is 35.5. The number of nitrogens with one attached hydrogen (secondary N) is 1. The molecule has 0 radical (unpaired) electrons. The molecule has 6 heteroatoms. The normalized spacial score (nSPS) is 10.1. The van der Waals surface area contributed by atoms with Gasteiger partial charge in [-0.2, -0.15) is 0 Å². The zero-order valence-electron chi connectivity index (χ0n) is 13.6. The Bertz CT molecular complexity index is 676. The summed E-state index contributed by atoms with van der Waals surface area (Å²) in [4.78, 5) is 0. The third-order valence-electron chi connectivity index (χ3n) is 3.42. The van der Waals surface area contributed by atoms with E-state index in [1.807, 2.05) is 30.3 Å². The van der Waals surface area contributed by atoms with Gasteiger partial charge < -0.3 is 24.3 Å². The first-order valence-corrected chi connectivity index (χ1v) is 7.37. The van der Waals surface area contributed by atoms with Crippen molar-refractivity contribution < 1.29 is 18.9 Å². The number of halogens is 1. The Kier molecular flexibility index (Phi) is 5.82. The summed E-state index contributed by atoms with van der Waals surface area (Å²) in [7, 11) is 6.36. The highest BCUT2D eigenvalue weighted by molar-refractivity contribution is 6.32. The summed E-state index contributed by atoms with van der Waals surface area (Å²) in [5, 5.41) is 3.85. The lowest BCUT2D eigenvalue weighted by molar-refractivity contribution is 0.322. The Labute approximate surface area is 141 Å². The van der Waals surface area contributed by atoms with E-state index in [-0.39, 0.29) is 0 Å². The van der Waals surface area contributed by atoms with Crippen molar-refractivity contribution in [3.05, 3.63) is 40.9 Å². The zero-order valence-corrected chi connectivity index (χ0v) is 14.4. The van der Waals surface area contributed by atoms with Gasteiger partial charge in [0.25, 0.3) is 0 Å². The van der Waals surface area contributed by atoms with Crippen LogP contribution < -0.4 is 24.3 Å². The first-order valence-electron chi connectivity index (χ1n) is 6.99. The molecule has 0 heterocycles. The van der Waals surface area contributed by atoms with Gasteiger partial charge in [0.1, 0.15) is 5.75 Å². The zero-order chi connectivity index (χ0) is 16.8. The SMILES string of the molecule is COc1ccc(NCc2ccc(OC)c(OC)c2OC)cc1Cl. The fraction of sp³-hybridized carbons (Fsp3) is 0.294. The molecule has 0 unspecified atom stereocenters. The Morgan fingerprint density at radius 2 is 1.48 bits per heavy atom. The van der Waals surface area contributed by atoms with Crippen molar-refractivity contribution >= 4 is 17.3 Å². The first-order chi connectivity index (χ1) is 11.1. The van der Waals surface area contributed by atoms with Crippen molar-refractivity contribution in [1.82, 2.24) is 0 Å². The number of rotatable bonds is 7. The lowest BCUT2D eigenvalue weighted by atomic mass is 10.1. The Hall–Kier alpha value is -2.27. The van der Waals surface area contributed by atoms with Gasteiger partial charge in [0.15, 0.2) is 11.5 Å². The molecule has 0 aliphatic carbocycles. The van der Waals surface area contributed by atoms with Crippen molar-refractivity contribution in [3.63, 3.8) is 0 Å². The minimum Gasteiger partial charge on any atom is -0.495 e. The molecule has 1 N–H and O–H groups in total. The van der Waals surface area contributed by atoms with Crippen LogP contribution in [0.5, 0.6) is 23.0 Å². The lowest BCUT2D eigenvalue weighted by Gasteiger charge is -2.16. The summed E-state index contributed by atoms with van der Waals surface area (Å²) in [5.41, 5.74) is 1.82. The molecular formula is C17H20ClNO4. The molecule has 5 nitrogen and oxygen atoms in total. The van der Waals surface area contributed by atoms with Gasteiger partial charge in [-0.25, -0.2) is 0 Å². The molecule has 23 heavy (non-hydrogen) atoms. The number of ether oxygens (including phenoxy) is 4. The van der Waals surface area contributed by atoms with E-state index in [9.17, 15) is 0 Å². The maximum Gasteiger partial charge on any atom is 0.203 e. The number of hydrogen-bond donors (Lipinski definition) is 1. The van der Waals surface area contributed by atoms with E-state index in [0.717, 1.165) is 11.3 Å². The summed E-state index contributed by atoms with van der Waals surface area (Å²) >= 11 is 6.13. The second-order valence-electron chi connectivity index (χ2n) is 4.70. The molecule has 0 spiro atoms. The van der Waals surface area contributed by atoms with Crippen molar-refractivity contribution in [2.24, 2.45) is 0 Å². The van der Waals surface area contributed by atoms with Gasteiger partial charge in [0.2, 0.25) is 5.75 Å². The van der Waals surface area contributed by atoms with Crippen LogP contribution in [0.15, 0.2) is 30.3 Å². The van der Waals surface area contributed by atoms with Crippen LogP contribution in [0, 0.1) is 0 Å². The number of hydrogen-bond acceptors (Lipinski definition) is 5.